The molecule has 0 amide bonds. The van der Waals surface area contributed by atoms with E-state index in [0.29, 0.717) is 0 Å². The second-order valence-corrected chi connectivity index (χ2v) is 4.50. The summed E-state index contributed by atoms with van der Waals surface area (Å²) in [6.07, 6.45) is -5.90. The highest BCUT2D eigenvalue weighted by Gasteiger charge is 2.43. The molecule has 0 radical (unpaired) electrons. The Morgan fingerprint density at radius 2 is 1.79 bits per heavy atom. The number of ketones is 1. The number of benzene rings is 1. The zero-order chi connectivity index (χ0) is 14.8. The summed E-state index contributed by atoms with van der Waals surface area (Å²) >= 11 is 11.3. The van der Waals surface area contributed by atoms with Crippen molar-refractivity contribution in [3.8, 4) is 0 Å². The lowest BCUT2D eigenvalue weighted by Gasteiger charge is -2.18. The summed E-state index contributed by atoms with van der Waals surface area (Å²) in [6, 6.07) is 3.78. The number of aliphatic carboxylic acids is 1. The molecule has 1 aromatic rings. The van der Waals surface area contributed by atoms with Crippen molar-refractivity contribution in [3.63, 3.8) is 0 Å². The quantitative estimate of drug-likeness (QED) is 0.799. The molecular weight excluding hydrogens is 308 g/mol. The van der Waals surface area contributed by atoms with Crippen LogP contribution in [0.5, 0.6) is 0 Å². The van der Waals surface area contributed by atoms with Gasteiger partial charge in [0.1, 0.15) is 0 Å². The molecule has 3 nitrogen and oxygen atoms in total. The predicted octanol–water partition coefficient (Wildman–Crippen LogP) is 2.03. The molecule has 1 unspecified atom stereocenters. The molecule has 0 spiro atoms. The Labute approximate surface area is 115 Å². The molecule has 1 aromatic carbocycles. The number of halogens is 5. The lowest BCUT2D eigenvalue weighted by Crippen LogP contribution is -2.43. The van der Waals surface area contributed by atoms with Crippen LogP contribution in [0.15, 0.2) is 18.2 Å². The Bertz CT molecular complexity index is 514. The standard InChI is InChI=1S/C11H7Cl2F3O3/c12-7-2-1-5(4-8(7)13)3-6(10(18)19)9(17)11(14,15)16/h1-2,4,6H,3H2,(H,18,19)/p-1. The third-order valence-corrected chi connectivity index (χ3v) is 3.04. The summed E-state index contributed by atoms with van der Waals surface area (Å²) in [7, 11) is 0. The van der Waals surface area contributed by atoms with Gasteiger partial charge in [0, 0.05) is 0 Å². The lowest BCUT2D eigenvalue weighted by molar-refractivity contribution is -0.311. The van der Waals surface area contributed by atoms with Crippen molar-refractivity contribution in [3.05, 3.63) is 33.8 Å². The highest BCUT2D eigenvalue weighted by molar-refractivity contribution is 6.42. The van der Waals surface area contributed by atoms with E-state index in [1.54, 1.807) is 0 Å². The Kier molecular flexibility index (Phi) is 4.81. The zero-order valence-electron chi connectivity index (χ0n) is 9.13. The van der Waals surface area contributed by atoms with Crippen molar-refractivity contribution < 1.29 is 27.9 Å². The lowest BCUT2D eigenvalue weighted by atomic mass is 9.95. The number of hydrogen-bond acceptors (Lipinski definition) is 3. The van der Waals surface area contributed by atoms with Gasteiger partial charge in [-0.25, -0.2) is 0 Å². The van der Waals surface area contributed by atoms with Crippen molar-refractivity contribution in [1.82, 2.24) is 0 Å². The third kappa shape index (κ3) is 4.11. The first kappa shape index (κ1) is 15.8. The van der Waals surface area contributed by atoms with Crippen LogP contribution in [0.3, 0.4) is 0 Å². The minimum Gasteiger partial charge on any atom is -0.549 e. The summed E-state index contributed by atoms with van der Waals surface area (Å²) in [6.45, 7) is 0. The highest BCUT2D eigenvalue weighted by atomic mass is 35.5. The van der Waals surface area contributed by atoms with Crippen LogP contribution in [0.25, 0.3) is 0 Å². The van der Waals surface area contributed by atoms with E-state index < -0.39 is 30.3 Å². The predicted molar refractivity (Wildman–Crippen MR) is 59.7 cm³/mol. The first-order chi connectivity index (χ1) is 8.62. The van der Waals surface area contributed by atoms with Crippen molar-refractivity contribution >= 4 is 35.0 Å². The molecule has 104 valence electrons. The molecule has 0 aliphatic rings. The van der Waals surface area contributed by atoms with Gasteiger partial charge in [-0.05, 0) is 24.1 Å². The molecule has 19 heavy (non-hydrogen) atoms. The molecule has 0 fully saturated rings. The van der Waals surface area contributed by atoms with Crippen LogP contribution in [0.4, 0.5) is 13.2 Å². The van der Waals surface area contributed by atoms with Crippen molar-refractivity contribution in [1.29, 1.82) is 0 Å². The van der Waals surface area contributed by atoms with Gasteiger partial charge in [0.2, 0.25) is 5.78 Å². The fraction of sp³-hybridized carbons (Fsp3) is 0.273. The minimum atomic E-state index is -5.24. The van der Waals surface area contributed by atoms with Crippen LogP contribution in [-0.4, -0.2) is 17.9 Å². The van der Waals surface area contributed by atoms with Crippen LogP contribution in [0, 0.1) is 5.92 Å². The van der Waals surface area contributed by atoms with Crippen LogP contribution in [-0.2, 0) is 16.0 Å². The topological polar surface area (TPSA) is 57.2 Å². The fourth-order valence-corrected chi connectivity index (χ4v) is 1.70. The van der Waals surface area contributed by atoms with Gasteiger partial charge in [0.15, 0.2) is 0 Å². The number of carboxylic acid groups (broad SMARTS) is 1. The first-order valence-corrected chi connectivity index (χ1v) is 5.64. The van der Waals surface area contributed by atoms with E-state index in [4.69, 9.17) is 23.2 Å². The van der Waals surface area contributed by atoms with E-state index in [9.17, 15) is 27.9 Å². The Balaban J connectivity index is 3.00. The SMILES string of the molecule is O=C([O-])C(Cc1ccc(Cl)c(Cl)c1)C(=O)C(F)(F)F. The van der Waals surface area contributed by atoms with Gasteiger partial charge < -0.3 is 9.90 Å². The van der Waals surface area contributed by atoms with Gasteiger partial charge in [0.05, 0.1) is 21.9 Å². The summed E-state index contributed by atoms with van der Waals surface area (Å²) in [4.78, 5) is 21.6. The Morgan fingerprint density at radius 1 is 1.21 bits per heavy atom. The van der Waals surface area contributed by atoms with Gasteiger partial charge in [-0.15, -0.1) is 0 Å². The number of carbonyl (C=O) groups excluding carboxylic acids is 2. The molecule has 0 N–H and O–H groups in total. The largest absolute Gasteiger partial charge is 0.549 e. The summed E-state index contributed by atoms with van der Waals surface area (Å²) in [5.74, 6) is -6.76. The monoisotopic (exact) mass is 313 g/mol. The molecule has 1 rings (SSSR count). The second kappa shape index (κ2) is 5.79. The number of hydrogen-bond donors (Lipinski definition) is 0. The van der Waals surface area contributed by atoms with Gasteiger partial charge in [-0.3, -0.25) is 4.79 Å². The molecule has 0 heterocycles. The Morgan fingerprint density at radius 3 is 2.21 bits per heavy atom. The number of rotatable bonds is 4. The molecule has 0 saturated heterocycles. The van der Waals surface area contributed by atoms with Gasteiger partial charge in [-0.2, -0.15) is 13.2 Å². The summed E-state index contributed by atoms with van der Waals surface area (Å²) in [5, 5.41) is 10.9. The van der Waals surface area contributed by atoms with Crippen LogP contribution < -0.4 is 5.11 Å². The number of carboxylic acids is 1. The molecule has 0 aliphatic carbocycles. The van der Waals surface area contributed by atoms with E-state index in [2.05, 4.69) is 0 Å². The van der Waals surface area contributed by atoms with Crippen molar-refractivity contribution in [2.45, 2.75) is 12.6 Å². The molecule has 0 aliphatic heterocycles. The van der Waals surface area contributed by atoms with E-state index in [1.807, 2.05) is 0 Å². The maximum absolute atomic E-state index is 12.2. The molecule has 1 atom stereocenters. The Hall–Kier alpha value is -1.27. The number of alkyl halides is 3. The van der Waals surface area contributed by atoms with E-state index in [-0.39, 0.29) is 15.6 Å². The van der Waals surface area contributed by atoms with Gasteiger partial charge in [0.25, 0.3) is 0 Å². The maximum Gasteiger partial charge on any atom is 0.450 e. The van der Waals surface area contributed by atoms with Gasteiger partial charge in [-0.1, -0.05) is 29.3 Å². The average Bonchev–Trinajstić information content (AvgIpc) is 2.28. The smallest absolute Gasteiger partial charge is 0.450 e. The maximum atomic E-state index is 12.2. The summed E-state index contributed by atoms with van der Waals surface area (Å²) in [5.41, 5.74) is 0.140. The van der Waals surface area contributed by atoms with E-state index in [0.717, 1.165) is 0 Å². The van der Waals surface area contributed by atoms with Gasteiger partial charge >= 0.3 is 6.18 Å². The zero-order valence-corrected chi connectivity index (χ0v) is 10.6. The second-order valence-electron chi connectivity index (χ2n) is 3.69. The van der Waals surface area contributed by atoms with Crippen LogP contribution >= 0.6 is 23.2 Å². The first-order valence-electron chi connectivity index (χ1n) is 4.88. The van der Waals surface area contributed by atoms with E-state index in [1.165, 1.54) is 18.2 Å². The molecule has 8 heteroatoms. The average molecular weight is 314 g/mol. The molecule has 0 bridgehead atoms. The fourth-order valence-electron chi connectivity index (χ4n) is 1.38. The third-order valence-electron chi connectivity index (χ3n) is 2.30. The molecular formula is C11H6Cl2F3O3-. The highest BCUT2D eigenvalue weighted by Crippen LogP contribution is 2.26. The minimum absolute atomic E-state index is 0.0516. The van der Waals surface area contributed by atoms with Crippen LogP contribution in [0.2, 0.25) is 10.0 Å². The molecule has 0 saturated carbocycles. The van der Waals surface area contributed by atoms with E-state index >= 15 is 0 Å². The normalized spacial score (nSPS) is 13.1. The van der Waals surface area contributed by atoms with Crippen molar-refractivity contribution in [2.75, 3.05) is 0 Å². The molecule has 0 aromatic heterocycles. The number of carbonyl (C=O) groups is 2. The number of Topliss-reactive ketones (excluding diaryl/α,β-unsaturated/α-hetero) is 1. The summed E-state index contributed by atoms with van der Waals surface area (Å²) < 4.78 is 36.7. The van der Waals surface area contributed by atoms with Crippen molar-refractivity contribution in [2.24, 2.45) is 5.92 Å². The van der Waals surface area contributed by atoms with Crippen LogP contribution in [0.1, 0.15) is 5.56 Å².